The summed E-state index contributed by atoms with van der Waals surface area (Å²) < 4.78 is 24.6. The van der Waals surface area contributed by atoms with Crippen LogP contribution in [0.5, 0.6) is 0 Å². The van der Waals surface area contributed by atoms with Gasteiger partial charge in [-0.25, -0.2) is 8.42 Å². The highest BCUT2D eigenvalue weighted by Gasteiger charge is 2.24. The van der Waals surface area contributed by atoms with Crippen LogP contribution in [0.15, 0.2) is 51.6 Å². The smallest absolute Gasteiger partial charge is 0.179 e. The fraction of sp³-hybridized carbons (Fsp3) is 0.286. The molecule has 0 amide bonds. The molecular formula is C14H16O2S2. The van der Waals surface area contributed by atoms with E-state index in [4.69, 9.17) is 0 Å². The Morgan fingerprint density at radius 2 is 1.94 bits per heavy atom. The molecule has 0 spiro atoms. The van der Waals surface area contributed by atoms with Gasteiger partial charge in [0.2, 0.25) is 0 Å². The summed E-state index contributed by atoms with van der Waals surface area (Å²) in [5, 5.41) is 1.96. The van der Waals surface area contributed by atoms with Crippen LogP contribution in [0.25, 0.3) is 0 Å². The maximum atomic E-state index is 12.3. The van der Waals surface area contributed by atoms with Gasteiger partial charge in [0.1, 0.15) is 0 Å². The first-order chi connectivity index (χ1) is 8.53. The molecule has 1 atom stereocenters. The lowest BCUT2D eigenvalue weighted by atomic mass is 10.2. The van der Waals surface area contributed by atoms with Gasteiger partial charge in [0, 0.05) is 5.92 Å². The molecule has 1 unspecified atom stereocenters. The van der Waals surface area contributed by atoms with Gasteiger partial charge in [-0.15, -0.1) is 11.8 Å². The molecule has 1 aromatic carbocycles. The lowest BCUT2D eigenvalue weighted by molar-refractivity contribution is 0.591. The number of hydrogen-bond donors (Lipinski definition) is 0. The summed E-state index contributed by atoms with van der Waals surface area (Å²) in [4.78, 5) is 1.53. The molecule has 1 aromatic rings. The second-order valence-corrected chi connectivity index (χ2v) is 7.35. The standard InChI is InChI=1S/C14H16O2S2/c1-3-14-12(8-9-17-14)10-18(15,16)13-6-4-11(2)5-7-13/h3-9,12H,10H2,1-2H3/b14-3-. The van der Waals surface area contributed by atoms with Crippen molar-refractivity contribution in [2.45, 2.75) is 18.7 Å². The van der Waals surface area contributed by atoms with Gasteiger partial charge in [-0.2, -0.15) is 0 Å². The van der Waals surface area contributed by atoms with Gasteiger partial charge in [0.15, 0.2) is 9.84 Å². The zero-order chi connectivity index (χ0) is 13.2. The fourth-order valence-electron chi connectivity index (χ4n) is 1.89. The van der Waals surface area contributed by atoms with E-state index in [-0.39, 0.29) is 11.7 Å². The number of rotatable bonds is 3. The molecule has 0 radical (unpaired) electrons. The molecule has 18 heavy (non-hydrogen) atoms. The number of sulfone groups is 1. The van der Waals surface area contributed by atoms with Crippen molar-refractivity contribution in [3.8, 4) is 0 Å². The van der Waals surface area contributed by atoms with Crippen molar-refractivity contribution < 1.29 is 8.42 Å². The van der Waals surface area contributed by atoms with Crippen LogP contribution in [-0.4, -0.2) is 14.2 Å². The van der Waals surface area contributed by atoms with Gasteiger partial charge in [-0.1, -0.05) is 29.8 Å². The largest absolute Gasteiger partial charge is 0.224 e. The van der Waals surface area contributed by atoms with Crippen molar-refractivity contribution in [2.75, 3.05) is 5.75 Å². The van der Waals surface area contributed by atoms with Gasteiger partial charge >= 0.3 is 0 Å². The van der Waals surface area contributed by atoms with E-state index in [0.29, 0.717) is 4.90 Å². The summed E-state index contributed by atoms with van der Waals surface area (Å²) in [5.74, 6) is 0.158. The molecule has 0 saturated heterocycles. The summed E-state index contributed by atoms with van der Waals surface area (Å²) in [5.41, 5.74) is 1.07. The first kappa shape index (κ1) is 13.4. The SMILES string of the molecule is C/C=C1\SC=CC1CS(=O)(=O)c1ccc(C)cc1. The van der Waals surface area contributed by atoms with Crippen molar-refractivity contribution >= 4 is 21.6 Å². The van der Waals surface area contributed by atoms with E-state index in [1.54, 1.807) is 23.9 Å². The third-order valence-corrected chi connectivity index (χ3v) is 5.84. The number of benzene rings is 1. The van der Waals surface area contributed by atoms with E-state index in [0.717, 1.165) is 10.5 Å². The summed E-state index contributed by atoms with van der Waals surface area (Å²) in [6.45, 7) is 3.89. The minimum atomic E-state index is -3.21. The normalized spacial score (nSPS) is 21.7. The van der Waals surface area contributed by atoms with Crippen molar-refractivity contribution in [2.24, 2.45) is 5.92 Å². The van der Waals surface area contributed by atoms with E-state index in [9.17, 15) is 8.42 Å². The predicted octanol–water partition coefficient (Wildman–Crippen LogP) is 3.55. The predicted molar refractivity (Wildman–Crippen MR) is 77.2 cm³/mol. The highest BCUT2D eigenvalue weighted by Crippen LogP contribution is 2.35. The van der Waals surface area contributed by atoms with Crippen molar-refractivity contribution in [3.63, 3.8) is 0 Å². The molecule has 1 aliphatic rings. The van der Waals surface area contributed by atoms with E-state index in [1.807, 2.05) is 43.5 Å². The molecule has 0 N–H and O–H groups in total. The Balaban J connectivity index is 2.22. The van der Waals surface area contributed by atoms with Gasteiger partial charge < -0.3 is 0 Å². The topological polar surface area (TPSA) is 34.1 Å². The minimum absolute atomic E-state index is 0.00584. The molecule has 2 nitrogen and oxygen atoms in total. The van der Waals surface area contributed by atoms with Crippen molar-refractivity contribution in [1.29, 1.82) is 0 Å². The van der Waals surface area contributed by atoms with E-state index in [2.05, 4.69) is 0 Å². The zero-order valence-corrected chi connectivity index (χ0v) is 12.1. The Bertz CT molecular complexity index is 581. The second kappa shape index (κ2) is 5.33. The average Bonchev–Trinajstić information content (AvgIpc) is 2.76. The number of allylic oxidation sites excluding steroid dienone is 3. The maximum absolute atomic E-state index is 12.3. The van der Waals surface area contributed by atoms with E-state index >= 15 is 0 Å². The first-order valence-electron chi connectivity index (χ1n) is 5.82. The van der Waals surface area contributed by atoms with Crippen LogP contribution in [0.4, 0.5) is 0 Å². The molecule has 96 valence electrons. The Kier molecular flexibility index (Phi) is 3.97. The van der Waals surface area contributed by atoms with Gasteiger partial charge in [0.05, 0.1) is 10.6 Å². The highest BCUT2D eigenvalue weighted by molar-refractivity contribution is 8.06. The maximum Gasteiger partial charge on any atom is 0.179 e. The molecule has 1 aliphatic heterocycles. The lowest BCUT2D eigenvalue weighted by Crippen LogP contribution is -2.14. The summed E-state index contributed by atoms with van der Waals surface area (Å²) in [6.07, 6.45) is 3.95. The van der Waals surface area contributed by atoms with Crippen molar-refractivity contribution in [1.82, 2.24) is 0 Å². The molecule has 0 fully saturated rings. The Morgan fingerprint density at radius 3 is 2.56 bits per heavy atom. The highest BCUT2D eigenvalue weighted by atomic mass is 32.2. The van der Waals surface area contributed by atoms with Crippen LogP contribution in [0.1, 0.15) is 12.5 Å². The van der Waals surface area contributed by atoms with Gasteiger partial charge in [-0.05, 0) is 36.3 Å². The lowest BCUT2D eigenvalue weighted by Gasteiger charge is -2.11. The van der Waals surface area contributed by atoms with Crippen LogP contribution < -0.4 is 0 Å². The van der Waals surface area contributed by atoms with E-state index in [1.165, 1.54) is 0 Å². The Hall–Kier alpha value is -1.00. The Morgan fingerprint density at radius 1 is 1.28 bits per heavy atom. The molecule has 0 saturated carbocycles. The van der Waals surface area contributed by atoms with Crippen LogP contribution in [-0.2, 0) is 9.84 Å². The number of thioether (sulfide) groups is 1. The van der Waals surface area contributed by atoms with Crippen LogP contribution in [0.2, 0.25) is 0 Å². The molecule has 2 rings (SSSR count). The third-order valence-electron chi connectivity index (χ3n) is 2.94. The first-order valence-corrected chi connectivity index (χ1v) is 8.35. The summed E-state index contributed by atoms with van der Waals surface area (Å²) in [6, 6.07) is 7.04. The van der Waals surface area contributed by atoms with Crippen LogP contribution >= 0.6 is 11.8 Å². The third kappa shape index (κ3) is 2.87. The fourth-order valence-corrected chi connectivity index (χ4v) is 4.40. The molecule has 0 aliphatic carbocycles. The van der Waals surface area contributed by atoms with E-state index < -0.39 is 9.84 Å². The molecule has 1 heterocycles. The summed E-state index contributed by atoms with van der Waals surface area (Å²) >= 11 is 1.60. The number of aryl methyl sites for hydroxylation is 1. The second-order valence-electron chi connectivity index (χ2n) is 4.34. The minimum Gasteiger partial charge on any atom is -0.224 e. The quantitative estimate of drug-likeness (QED) is 0.849. The molecule has 0 aromatic heterocycles. The average molecular weight is 280 g/mol. The molecular weight excluding hydrogens is 264 g/mol. The van der Waals surface area contributed by atoms with Gasteiger partial charge in [-0.3, -0.25) is 0 Å². The Labute approximate surface area is 113 Å². The monoisotopic (exact) mass is 280 g/mol. The molecule has 0 bridgehead atoms. The molecule has 4 heteroatoms. The van der Waals surface area contributed by atoms with Gasteiger partial charge in [0.25, 0.3) is 0 Å². The van der Waals surface area contributed by atoms with Crippen LogP contribution in [0, 0.1) is 12.8 Å². The zero-order valence-electron chi connectivity index (χ0n) is 10.5. The van der Waals surface area contributed by atoms with Crippen molar-refractivity contribution in [3.05, 3.63) is 52.3 Å². The van der Waals surface area contributed by atoms with Crippen LogP contribution in [0.3, 0.4) is 0 Å². The summed E-state index contributed by atoms with van der Waals surface area (Å²) in [7, 11) is -3.21. The number of hydrogen-bond acceptors (Lipinski definition) is 3.